The van der Waals surface area contributed by atoms with Crippen molar-refractivity contribution in [2.24, 2.45) is 5.92 Å². The first kappa shape index (κ1) is 22.5. The highest BCUT2D eigenvalue weighted by Crippen LogP contribution is 2.38. The summed E-state index contributed by atoms with van der Waals surface area (Å²) in [6.07, 6.45) is 3.36. The third-order valence-electron chi connectivity index (χ3n) is 7.12. The first-order chi connectivity index (χ1) is 14.7. The number of halogens is 2. The second-order valence-electron chi connectivity index (χ2n) is 10.6. The first-order valence-corrected chi connectivity index (χ1v) is 11.9. The number of fused-ring (bicyclic) bond motifs is 1. The lowest BCUT2D eigenvalue weighted by atomic mass is 9.86. The van der Waals surface area contributed by atoms with Crippen LogP contribution in [-0.2, 0) is 10.2 Å². The van der Waals surface area contributed by atoms with E-state index in [1.807, 2.05) is 31.7 Å². The van der Waals surface area contributed by atoms with Crippen LogP contribution < -0.4 is 5.32 Å². The number of nitrogens with one attached hydrogen (secondary N) is 1. The number of likely N-dealkylation sites (tertiary alicyclic amines) is 2. The fourth-order valence-corrected chi connectivity index (χ4v) is 5.22. The second kappa shape index (κ2) is 9.04. The predicted molar refractivity (Wildman–Crippen MR) is 118 cm³/mol. The third kappa shape index (κ3) is 5.04. The average Bonchev–Trinajstić information content (AvgIpc) is 3.18. The van der Waals surface area contributed by atoms with Gasteiger partial charge in [0.25, 0.3) is 6.43 Å². The van der Waals surface area contributed by atoms with Crippen molar-refractivity contribution < 1.29 is 13.6 Å². The maximum atomic E-state index is 14.0. The average molecular weight is 438 g/mol. The Morgan fingerprint density at radius 1 is 1.19 bits per heavy atom. The summed E-state index contributed by atoms with van der Waals surface area (Å²) >= 11 is 0. The molecule has 1 amide bonds. The molecule has 174 valence electrons. The van der Waals surface area contributed by atoms with E-state index < -0.39 is 12.5 Å². The first-order valence-electron chi connectivity index (χ1n) is 11.9. The van der Waals surface area contributed by atoms with Crippen LogP contribution in [0, 0.1) is 5.92 Å². The van der Waals surface area contributed by atoms with Crippen molar-refractivity contribution in [3.63, 3.8) is 0 Å². The minimum absolute atomic E-state index is 0.0680. The largest absolute Gasteiger partial charge is 0.367 e. The summed E-state index contributed by atoms with van der Waals surface area (Å²) in [6.45, 7) is 10.1. The van der Waals surface area contributed by atoms with Crippen LogP contribution >= 0.6 is 0 Å². The topological polar surface area (TPSA) is 53.4 Å². The number of hydrogen-bond acceptors (Lipinski definition) is 4. The summed E-state index contributed by atoms with van der Waals surface area (Å²) < 4.78 is 29.4. The van der Waals surface area contributed by atoms with E-state index in [-0.39, 0.29) is 23.3 Å². The molecule has 4 heterocycles. The van der Waals surface area contributed by atoms with Gasteiger partial charge in [-0.25, -0.2) is 13.5 Å². The lowest BCUT2D eigenvalue weighted by Crippen LogP contribution is -2.50. The molecule has 8 heteroatoms. The summed E-state index contributed by atoms with van der Waals surface area (Å²) in [4.78, 5) is 17.1. The van der Waals surface area contributed by atoms with Gasteiger partial charge in [-0.3, -0.25) is 9.69 Å². The van der Waals surface area contributed by atoms with E-state index in [4.69, 9.17) is 0 Å². The van der Waals surface area contributed by atoms with Crippen molar-refractivity contribution in [1.82, 2.24) is 19.6 Å². The lowest BCUT2D eigenvalue weighted by molar-refractivity contribution is -0.134. The second-order valence-corrected chi connectivity index (χ2v) is 10.6. The standard InChI is InChI=1S/C23H37F2N5O/c1-23(2,3)19-13-20-26-17(12-18(22(24)25)30(20)27-19)16-8-7-11-29(14-16)21(31)15-28-9-5-4-6-10-28/h13,16-18,22,26H,4-12,14-15H2,1-3H3/t16?,17-,18+/m0/s1. The van der Waals surface area contributed by atoms with E-state index in [0.717, 1.165) is 38.2 Å². The van der Waals surface area contributed by atoms with Gasteiger partial charge in [0.05, 0.1) is 12.2 Å². The Labute approximate surface area is 184 Å². The van der Waals surface area contributed by atoms with Gasteiger partial charge in [-0.1, -0.05) is 27.2 Å². The van der Waals surface area contributed by atoms with Crippen molar-refractivity contribution in [2.75, 3.05) is 38.0 Å². The quantitative estimate of drug-likeness (QED) is 0.776. The maximum absolute atomic E-state index is 14.0. The van der Waals surface area contributed by atoms with Crippen LogP contribution in [-0.4, -0.2) is 70.7 Å². The zero-order chi connectivity index (χ0) is 22.2. The van der Waals surface area contributed by atoms with Gasteiger partial charge in [0.15, 0.2) is 0 Å². The molecule has 2 fully saturated rings. The molecule has 1 unspecified atom stereocenters. The molecule has 3 aliphatic heterocycles. The molecule has 0 aliphatic carbocycles. The molecule has 1 aromatic heterocycles. The van der Waals surface area contributed by atoms with E-state index in [9.17, 15) is 13.6 Å². The lowest BCUT2D eigenvalue weighted by Gasteiger charge is -2.41. The van der Waals surface area contributed by atoms with Gasteiger partial charge in [0.1, 0.15) is 11.9 Å². The fourth-order valence-electron chi connectivity index (χ4n) is 5.22. The zero-order valence-corrected chi connectivity index (χ0v) is 19.1. The maximum Gasteiger partial charge on any atom is 0.260 e. The monoisotopic (exact) mass is 437 g/mol. The molecular weight excluding hydrogens is 400 g/mol. The molecule has 3 atom stereocenters. The van der Waals surface area contributed by atoms with Crippen LogP contribution in [0.15, 0.2) is 6.07 Å². The Bertz CT molecular complexity index is 769. The van der Waals surface area contributed by atoms with E-state index >= 15 is 0 Å². The van der Waals surface area contributed by atoms with Crippen molar-refractivity contribution in [2.45, 2.75) is 83.2 Å². The molecule has 3 aliphatic rings. The number of carbonyl (C=O) groups is 1. The zero-order valence-electron chi connectivity index (χ0n) is 19.1. The molecular formula is C23H37F2N5O. The van der Waals surface area contributed by atoms with Gasteiger partial charge in [-0.2, -0.15) is 5.10 Å². The van der Waals surface area contributed by atoms with Crippen molar-refractivity contribution >= 4 is 11.7 Å². The highest BCUT2D eigenvalue weighted by Gasteiger charge is 2.39. The minimum atomic E-state index is -2.46. The molecule has 1 aromatic rings. The number of carbonyl (C=O) groups excluding carboxylic acids is 1. The number of hydrogen-bond donors (Lipinski definition) is 1. The van der Waals surface area contributed by atoms with Crippen molar-refractivity contribution in [3.8, 4) is 0 Å². The van der Waals surface area contributed by atoms with Crippen LogP contribution in [0.2, 0.25) is 0 Å². The smallest absolute Gasteiger partial charge is 0.260 e. The van der Waals surface area contributed by atoms with Crippen molar-refractivity contribution in [1.29, 1.82) is 0 Å². The SMILES string of the molecule is CC(C)(C)c1cc2n(n1)[C@@H](C(F)F)C[C@@H](C1CCCN(C(=O)CN3CCCCC3)C1)N2. The molecule has 4 rings (SSSR count). The number of piperidine rings is 2. The number of alkyl halides is 2. The Balaban J connectivity index is 1.45. The van der Waals surface area contributed by atoms with Gasteiger partial charge in [-0.15, -0.1) is 0 Å². The van der Waals surface area contributed by atoms with E-state index in [0.29, 0.717) is 25.3 Å². The van der Waals surface area contributed by atoms with E-state index in [2.05, 4.69) is 15.3 Å². The summed E-state index contributed by atoms with van der Waals surface area (Å²) in [6, 6.07) is 0.933. The Hall–Kier alpha value is -1.70. The highest BCUT2D eigenvalue weighted by molar-refractivity contribution is 5.78. The molecule has 0 aromatic carbocycles. The number of aromatic nitrogens is 2. The van der Waals surface area contributed by atoms with Gasteiger partial charge < -0.3 is 10.2 Å². The highest BCUT2D eigenvalue weighted by atomic mass is 19.3. The number of amides is 1. The Kier molecular flexibility index (Phi) is 6.56. The number of anilines is 1. The molecule has 0 saturated carbocycles. The fraction of sp³-hybridized carbons (Fsp3) is 0.826. The predicted octanol–water partition coefficient (Wildman–Crippen LogP) is 3.90. The number of nitrogens with zero attached hydrogens (tertiary/aromatic N) is 4. The van der Waals surface area contributed by atoms with Gasteiger partial charge in [-0.05, 0) is 51.1 Å². The van der Waals surface area contributed by atoms with Crippen LogP contribution in [0.1, 0.15) is 71.0 Å². The van der Waals surface area contributed by atoms with Crippen LogP contribution in [0.3, 0.4) is 0 Å². The van der Waals surface area contributed by atoms with E-state index in [1.54, 1.807) is 0 Å². The van der Waals surface area contributed by atoms with Crippen LogP contribution in [0.5, 0.6) is 0 Å². The van der Waals surface area contributed by atoms with E-state index in [1.165, 1.54) is 23.9 Å². The van der Waals surface area contributed by atoms with Gasteiger partial charge in [0, 0.05) is 30.6 Å². The summed E-state index contributed by atoms with van der Waals surface area (Å²) in [5.41, 5.74) is 0.625. The minimum Gasteiger partial charge on any atom is -0.367 e. The van der Waals surface area contributed by atoms with Crippen molar-refractivity contribution in [3.05, 3.63) is 11.8 Å². The summed E-state index contributed by atoms with van der Waals surface area (Å²) in [5, 5.41) is 8.02. The molecule has 0 radical (unpaired) electrons. The third-order valence-corrected chi connectivity index (χ3v) is 7.12. The molecule has 0 bridgehead atoms. The van der Waals surface area contributed by atoms with Crippen LogP contribution in [0.25, 0.3) is 0 Å². The molecule has 1 N–H and O–H groups in total. The van der Waals surface area contributed by atoms with Gasteiger partial charge >= 0.3 is 0 Å². The number of rotatable bonds is 4. The van der Waals surface area contributed by atoms with Gasteiger partial charge in [0.2, 0.25) is 5.91 Å². The molecule has 6 nitrogen and oxygen atoms in total. The molecule has 0 spiro atoms. The summed E-state index contributed by atoms with van der Waals surface area (Å²) in [5.74, 6) is 1.05. The Morgan fingerprint density at radius 2 is 1.94 bits per heavy atom. The molecule has 31 heavy (non-hydrogen) atoms. The molecule has 2 saturated heterocycles. The van der Waals surface area contributed by atoms with Crippen LogP contribution in [0.4, 0.5) is 14.6 Å². The Morgan fingerprint density at radius 3 is 2.61 bits per heavy atom. The normalized spacial score (nSPS) is 27.8. The summed E-state index contributed by atoms with van der Waals surface area (Å²) in [7, 11) is 0.